The van der Waals surface area contributed by atoms with Crippen LogP contribution in [0.25, 0.3) is 0 Å². The Hall–Kier alpha value is 0.390. The Kier molecular flexibility index (Phi) is 1.33. The minimum atomic E-state index is -0.889. The Morgan fingerprint density at radius 2 is 1.20 bits per heavy atom. The summed E-state index contributed by atoms with van der Waals surface area (Å²) in [7, 11) is -0.889. The molecule has 0 heterocycles. The van der Waals surface area contributed by atoms with Crippen molar-refractivity contribution in [1.82, 2.24) is 0 Å². The van der Waals surface area contributed by atoms with E-state index in [2.05, 4.69) is 20.0 Å². The molecule has 2 heteroatoms. The fourth-order valence-corrected chi connectivity index (χ4v) is 0. The van der Waals surface area contributed by atoms with E-state index in [0.29, 0.717) is 0 Å². The van der Waals surface area contributed by atoms with E-state index in [1.807, 2.05) is 0 Å². The summed E-state index contributed by atoms with van der Waals surface area (Å²) < 4.78 is 0. The van der Waals surface area contributed by atoms with Gasteiger partial charge < -0.3 is 0 Å². The van der Waals surface area contributed by atoms with E-state index in [1.165, 1.54) is 0 Å². The maximum Gasteiger partial charge on any atom is 0.0678 e. The highest BCUT2D eigenvalue weighted by Crippen LogP contribution is 2.34. The smallest absolute Gasteiger partial charge is 0.0678 e. The maximum atomic E-state index is 5.47. The maximum absolute atomic E-state index is 5.47. The lowest BCUT2D eigenvalue weighted by molar-refractivity contribution is 1.78. The molecular weight excluding hydrogens is 81.0 g/mol. The van der Waals surface area contributed by atoms with Gasteiger partial charge in [-0.25, -0.2) is 5.50 Å². The molecule has 2 N–H and O–H groups in total. The van der Waals surface area contributed by atoms with Gasteiger partial charge >= 0.3 is 0 Å². The topological polar surface area (TPSA) is 26.0 Å². The number of hydrogen-bond acceptors (Lipinski definition) is 1. The molecule has 0 aliphatic carbocycles. The van der Waals surface area contributed by atoms with Crippen LogP contribution >= 0.6 is 7.41 Å². The normalized spacial score (nSPS) is 12.0. The van der Waals surface area contributed by atoms with Gasteiger partial charge in [0.25, 0.3) is 0 Å². The average Bonchev–Trinajstić information content (AvgIpc) is 0.722. The van der Waals surface area contributed by atoms with Crippen LogP contribution in [0.15, 0.2) is 0 Å². The lowest BCUT2D eigenvalue weighted by Gasteiger charge is -1.97. The summed E-state index contributed by atoms with van der Waals surface area (Å²) in [4.78, 5) is 0. The Morgan fingerprint density at radius 1 is 1.20 bits per heavy atom. The molecule has 0 aliphatic heterocycles. The molecule has 1 nitrogen and oxygen atoms in total. The van der Waals surface area contributed by atoms with Crippen LogP contribution in [0, 0.1) is 0 Å². The van der Waals surface area contributed by atoms with Crippen LogP contribution in [0.3, 0.4) is 0 Å². The van der Waals surface area contributed by atoms with Gasteiger partial charge in [-0.05, 0) is 0 Å². The molecule has 32 valence electrons. The zero-order valence-electron chi connectivity index (χ0n) is 4.02. The van der Waals surface area contributed by atoms with Gasteiger partial charge in [-0.1, -0.05) is 0 Å². The molecular formula is C3H11NP+. The van der Waals surface area contributed by atoms with Gasteiger partial charge in [0.2, 0.25) is 0 Å². The van der Waals surface area contributed by atoms with Crippen molar-refractivity contribution < 1.29 is 0 Å². The van der Waals surface area contributed by atoms with Crippen molar-refractivity contribution in [3.8, 4) is 0 Å². The van der Waals surface area contributed by atoms with E-state index < -0.39 is 7.41 Å². The Morgan fingerprint density at radius 3 is 1.20 bits per heavy atom. The minimum Gasteiger partial charge on any atom is -0.206 e. The van der Waals surface area contributed by atoms with Crippen molar-refractivity contribution in [3.63, 3.8) is 0 Å². The van der Waals surface area contributed by atoms with Crippen LogP contribution in [-0.4, -0.2) is 20.0 Å². The van der Waals surface area contributed by atoms with Gasteiger partial charge in [-0.15, -0.1) is 0 Å². The average molecular weight is 92.1 g/mol. The molecule has 0 aromatic heterocycles. The fourth-order valence-electron chi connectivity index (χ4n) is 0. The van der Waals surface area contributed by atoms with E-state index in [0.717, 1.165) is 0 Å². The third kappa shape index (κ3) is 165. The molecule has 0 spiro atoms. The first-order valence-corrected chi connectivity index (χ1v) is 4.80. The second kappa shape index (κ2) is 1.24. The standard InChI is InChI=1S/C3H11NP/c1-5(2,3)4/h4H2,1-3H3/q+1. The van der Waals surface area contributed by atoms with Gasteiger partial charge in [0.15, 0.2) is 0 Å². The monoisotopic (exact) mass is 92.1 g/mol. The Labute approximate surface area is 33.9 Å². The molecule has 0 rings (SSSR count). The summed E-state index contributed by atoms with van der Waals surface area (Å²) in [6.07, 6.45) is 0. The van der Waals surface area contributed by atoms with Gasteiger partial charge in [0.1, 0.15) is 0 Å². The van der Waals surface area contributed by atoms with Crippen LogP contribution in [0.2, 0.25) is 0 Å². The summed E-state index contributed by atoms with van der Waals surface area (Å²) in [6.45, 7) is 6.23. The van der Waals surface area contributed by atoms with Crippen molar-refractivity contribution in [1.29, 1.82) is 0 Å². The van der Waals surface area contributed by atoms with Gasteiger partial charge in [0, 0.05) is 0 Å². The molecule has 0 radical (unpaired) electrons. The van der Waals surface area contributed by atoms with Crippen LogP contribution in [0.4, 0.5) is 0 Å². The largest absolute Gasteiger partial charge is 0.206 e. The van der Waals surface area contributed by atoms with E-state index >= 15 is 0 Å². The van der Waals surface area contributed by atoms with Gasteiger partial charge in [-0.2, -0.15) is 0 Å². The van der Waals surface area contributed by atoms with Crippen molar-refractivity contribution in [3.05, 3.63) is 0 Å². The lowest BCUT2D eigenvalue weighted by atomic mass is 11.9. The van der Waals surface area contributed by atoms with Crippen molar-refractivity contribution in [2.45, 2.75) is 0 Å². The molecule has 0 amide bonds. The number of rotatable bonds is 0. The highest BCUT2D eigenvalue weighted by molar-refractivity contribution is 7.71. The molecule has 0 aliphatic rings. The summed E-state index contributed by atoms with van der Waals surface area (Å²) in [5, 5.41) is 0. The van der Waals surface area contributed by atoms with E-state index in [4.69, 9.17) is 5.50 Å². The molecule has 0 atom stereocenters. The number of nitrogens with two attached hydrogens (primary N) is 1. The third-order valence-corrected chi connectivity index (χ3v) is 0. The SMILES string of the molecule is C[P+](C)(C)N. The second-order valence-corrected chi connectivity index (χ2v) is 6.35. The second-order valence-electron chi connectivity index (χ2n) is 2.12. The quantitative estimate of drug-likeness (QED) is 0.439. The molecule has 0 aromatic rings. The zero-order valence-corrected chi connectivity index (χ0v) is 4.92. The van der Waals surface area contributed by atoms with Gasteiger partial charge in [0.05, 0.1) is 27.4 Å². The highest BCUT2D eigenvalue weighted by atomic mass is 31.2. The molecule has 0 aromatic carbocycles. The van der Waals surface area contributed by atoms with Crippen LogP contribution in [-0.2, 0) is 0 Å². The Balaban J connectivity index is 3.02. The zero-order chi connectivity index (χ0) is 4.50. The molecule has 0 saturated heterocycles. The van der Waals surface area contributed by atoms with E-state index in [-0.39, 0.29) is 0 Å². The third-order valence-electron chi connectivity index (χ3n) is 0. The minimum absolute atomic E-state index is 0.889. The lowest BCUT2D eigenvalue weighted by Crippen LogP contribution is -1.94. The summed E-state index contributed by atoms with van der Waals surface area (Å²) in [5.74, 6) is 0. The first kappa shape index (κ1) is 5.39. The van der Waals surface area contributed by atoms with Crippen molar-refractivity contribution >= 4 is 7.41 Å². The molecule has 5 heavy (non-hydrogen) atoms. The van der Waals surface area contributed by atoms with Crippen molar-refractivity contribution in [2.75, 3.05) is 20.0 Å². The molecule has 0 saturated carbocycles. The van der Waals surface area contributed by atoms with Crippen molar-refractivity contribution in [2.24, 2.45) is 5.50 Å². The summed E-state index contributed by atoms with van der Waals surface area (Å²) in [6, 6.07) is 0. The fraction of sp³-hybridized carbons (Fsp3) is 1.00. The van der Waals surface area contributed by atoms with Crippen LogP contribution in [0.5, 0.6) is 0 Å². The van der Waals surface area contributed by atoms with E-state index in [9.17, 15) is 0 Å². The van der Waals surface area contributed by atoms with Crippen LogP contribution in [0.1, 0.15) is 0 Å². The number of hydrogen-bond donors (Lipinski definition) is 1. The predicted molar refractivity (Wildman–Crippen MR) is 28.9 cm³/mol. The summed E-state index contributed by atoms with van der Waals surface area (Å²) >= 11 is 0. The molecule has 0 fully saturated rings. The molecule has 0 bridgehead atoms. The van der Waals surface area contributed by atoms with Crippen LogP contribution < -0.4 is 5.50 Å². The molecule has 0 unspecified atom stereocenters. The first-order chi connectivity index (χ1) is 2.00. The van der Waals surface area contributed by atoms with E-state index in [1.54, 1.807) is 0 Å². The Bertz CT molecular complexity index is 22.4. The predicted octanol–water partition coefficient (Wildman–Crippen LogP) is 0.767. The van der Waals surface area contributed by atoms with Gasteiger partial charge in [-0.3, -0.25) is 0 Å². The highest BCUT2D eigenvalue weighted by Gasteiger charge is 2.04. The summed E-state index contributed by atoms with van der Waals surface area (Å²) in [5.41, 5.74) is 5.47. The first-order valence-electron chi connectivity index (χ1n) is 1.60.